The smallest absolute Gasteiger partial charge is 0.412 e. The number of aromatic nitrogens is 2. The Morgan fingerprint density at radius 2 is 1.70 bits per heavy atom. The summed E-state index contributed by atoms with van der Waals surface area (Å²) < 4.78 is 6.85. The molecular formula is C24H24N4O5. The highest BCUT2D eigenvalue weighted by Crippen LogP contribution is 2.44. The zero-order chi connectivity index (χ0) is 23.7. The second kappa shape index (κ2) is 8.78. The van der Waals surface area contributed by atoms with Gasteiger partial charge in [-0.05, 0) is 29.2 Å². The zero-order valence-corrected chi connectivity index (χ0v) is 18.5. The van der Waals surface area contributed by atoms with E-state index in [4.69, 9.17) is 9.84 Å². The van der Waals surface area contributed by atoms with Gasteiger partial charge in [0.15, 0.2) is 5.69 Å². The first-order valence-corrected chi connectivity index (χ1v) is 10.4. The highest BCUT2D eigenvalue weighted by atomic mass is 16.5. The van der Waals surface area contributed by atoms with Gasteiger partial charge in [0.2, 0.25) is 0 Å². The molecule has 2 amide bonds. The monoisotopic (exact) mass is 448 g/mol. The number of carbonyl (C=O) groups excluding carboxylic acids is 2. The molecule has 0 spiro atoms. The minimum absolute atomic E-state index is 0.0158. The summed E-state index contributed by atoms with van der Waals surface area (Å²) in [5.74, 6) is -1.51. The molecule has 0 bridgehead atoms. The van der Waals surface area contributed by atoms with E-state index in [0.717, 1.165) is 27.2 Å². The van der Waals surface area contributed by atoms with E-state index < -0.39 is 24.0 Å². The maximum Gasteiger partial charge on any atom is 0.412 e. The lowest BCUT2D eigenvalue weighted by atomic mass is 9.98. The molecule has 1 heterocycles. The van der Waals surface area contributed by atoms with Crippen LogP contribution in [-0.2, 0) is 16.6 Å². The van der Waals surface area contributed by atoms with Gasteiger partial charge in [-0.1, -0.05) is 48.5 Å². The fraction of sp³-hybridized carbons (Fsp3) is 0.250. The molecule has 0 saturated heterocycles. The number of anilines is 1. The Bertz CT molecular complexity index is 1190. The fourth-order valence-electron chi connectivity index (χ4n) is 3.95. The van der Waals surface area contributed by atoms with Gasteiger partial charge in [-0.3, -0.25) is 14.8 Å². The van der Waals surface area contributed by atoms with Crippen LogP contribution >= 0.6 is 0 Å². The highest BCUT2D eigenvalue weighted by Gasteiger charge is 2.29. The molecule has 3 aromatic rings. The predicted molar refractivity (Wildman–Crippen MR) is 121 cm³/mol. The first-order chi connectivity index (χ1) is 15.8. The number of carboxylic acid groups (broad SMARTS) is 1. The Morgan fingerprint density at radius 3 is 2.27 bits per heavy atom. The number of fused-ring (bicyclic) bond motifs is 3. The van der Waals surface area contributed by atoms with Gasteiger partial charge in [0, 0.05) is 26.1 Å². The lowest BCUT2D eigenvalue weighted by molar-refractivity contribution is -0.141. The first-order valence-electron chi connectivity index (χ1n) is 10.4. The topological polar surface area (TPSA) is 114 Å². The number of amides is 2. The molecule has 9 nitrogen and oxygen atoms in total. The molecule has 4 rings (SSSR count). The molecule has 0 radical (unpaired) electrons. The standard InChI is InChI=1S/C24H24N4O5/c1-14(23(30)31)27(2)22(29)20-12-21(28(3)26-20)25-24(32)33-13-19-17-10-6-4-8-15(17)16-9-5-7-11-18(16)19/h4-12,14,19H,13H2,1-3H3,(H,25,32)(H,30,31)/t14-/m0/s1. The van der Waals surface area contributed by atoms with Crippen LogP contribution in [0.3, 0.4) is 0 Å². The van der Waals surface area contributed by atoms with Crippen LogP contribution in [0.25, 0.3) is 11.1 Å². The fourth-order valence-corrected chi connectivity index (χ4v) is 3.95. The van der Waals surface area contributed by atoms with Gasteiger partial charge >= 0.3 is 12.1 Å². The van der Waals surface area contributed by atoms with E-state index in [0.29, 0.717) is 0 Å². The summed E-state index contributed by atoms with van der Waals surface area (Å²) in [7, 11) is 2.95. The van der Waals surface area contributed by atoms with Crippen molar-refractivity contribution in [1.82, 2.24) is 14.7 Å². The average Bonchev–Trinajstić information content (AvgIpc) is 3.33. The first kappa shape index (κ1) is 22.1. The molecule has 0 aliphatic heterocycles. The largest absolute Gasteiger partial charge is 0.480 e. The SMILES string of the molecule is C[C@@H](C(=O)O)N(C)C(=O)c1cc(NC(=O)OCC2c3ccccc3-c3ccccc32)n(C)n1. The Labute approximate surface area is 190 Å². The second-order valence-electron chi connectivity index (χ2n) is 7.92. The van der Waals surface area contributed by atoms with Crippen LogP contribution in [0.1, 0.15) is 34.5 Å². The predicted octanol–water partition coefficient (Wildman–Crippen LogP) is 3.33. The lowest BCUT2D eigenvalue weighted by Gasteiger charge is -2.20. The van der Waals surface area contributed by atoms with Crippen molar-refractivity contribution in [3.8, 4) is 11.1 Å². The Hall–Kier alpha value is -4.14. The average molecular weight is 448 g/mol. The number of benzene rings is 2. The van der Waals surface area contributed by atoms with Crippen LogP contribution in [0, 0.1) is 0 Å². The van der Waals surface area contributed by atoms with Crippen LogP contribution in [0.2, 0.25) is 0 Å². The maximum atomic E-state index is 12.5. The third-order valence-electron chi connectivity index (χ3n) is 5.93. The van der Waals surface area contributed by atoms with Crippen molar-refractivity contribution in [3.05, 3.63) is 71.4 Å². The van der Waals surface area contributed by atoms with Gasteiger partial charge in [-0.2, -0.15) is 5.10 Å². The van der Waals surface area contributed by atoms with Gasteiger partial charge in [0.05, 0.1) is 0 Å². The van der Waals surface area contributed by atoms with Crippen molar-refractivity contribution in [2.45, 2.75) is 18.9 Å². The number of likely N-dealkylation sites (N-methyl/N-ethyl adjacent to an activating group) is 1. The van der Waals surface area contributed by atoms with Crippen LogP contribution in [0.15, 0.2) is 54.6 Å². The van der Waals surface area contributed by atoms with Gasteiger partial charge < -0.3 is 14.7 Å². The number of hydrogen-bond acceptors (Lipinski definition) is 5. The molecule has 170 valence electrons. The van der Waals surface area contributed by atoms with Crippen molar-refractivity contribution in [3.63, 3.8) is 0 Å². The van der Waals surface area contributed by atoms with Gasteiger partial charge in [-0.25, -0.2) is 9.59 Å². The number of aliphatic carboxylic acids is 1. The van der Waals surface area contributed by atoms with Gasteiger partial charge in [-0.15, -0.1) is 0 Å². The quantitative estimate of drug-likeness (QED) is 0.598. The van der Waals surface area contributed by atoms with Crippen LogP contribution in [0.4, 0.5) is 10.6 Å². The molecule has 9 heteroatoms. The van der Waals surface area contributed by atoms with Crippen molar-refractivity contribution in [2.24, 2.45) is 7.05 Å². The van der Waals surface area contributed by atoms with Crippen molar-refractivity contribution in [1.29, 1.82) is 0 Å². The summed E-state index contributed by atoms with van der Waals surface area (Å²) in [6, 6.07) is 16.5. The number of carboxylic acids is 1. The minimum atomic E-state index is -1.13. The highest BCUT2D eigenvalue weighted by molar-refractivity contribution is 5.96. The van der Waals surface area contributed by atoms with Crippen molar-refractivity contribution < 1.29 is 24.2 Å². The third-order valence-corrected chi connectivity index (χ3v) is 5.93. The molecule has 2 N–H and O–H groups in total. The maximum absolute atomic E-state index is 12.5. The Kier molecular flexibility index (Phi) is 5.87. The van der Waals surface area contributed by atoms with Crippen LogP contribution in [0.5, 0.6) is 0 Å². The van der Waals surface area contributed by atoms with Crippen molar-refractivity contribution >= 4 is 23.8 Å². The molecule has 1 aliphatic carbocycles. The molecule has 0 unspecified atom stereocenters. The van der Waals surface area contributed by atoms with E-state index in [2.05, 4.69) is 22.5 Å². The molecule has 2 aromatic carbocycles. The Morgan fingerprint density at radius 1 is 1.12 bits per heavy atom. The number of aryl methyl sites for hydroxylation is 1. The van der Waals surface area contributed by atoms with Gasteiger partial charge in [0.25, 0.3) is 5.91 Å². The number of nitrogens with zero attached hydrogens (tertiary/aromatic N) is 3. The Balaban J connectivity index is 1.43. The molecule has 0 saturated carbocycles. The van der Waals surface area contributed by atoms with Gasteiger partial charge in [0.1, 0.15) is 18.5 Å². The van der Waals surface area contributed by atoms with E-state index in [1.165, 1.54) is 24.7 Å². The number of rotatable bonds is 6. The molecule has 33 heavy (non-hydrogen) atoms. The summed E-state index contributed by atoms with van der Waals surface area (Å²) in [4.78, 5) is 37.2. The number of carbonyl (C=O) groups is 3. The van der Waals surface area contributed by atoms with E-state index in [1.807, 2.05) is 36.4 Å². The number of nitrogens with one attached hydrogen (secondary N) is 1. The summed E-state index contributed by atoms with van der Waals surface area (Å²) >= 11 is 0. The van der Waals surface area contributed by atoms with E-state index in [-0.39, 0.29) is 24.0 Å². The van der Waals surface area contributed by atoms with Crippen LogP contribution < -0.4 is 5.32 Å². The molecular weight excluding hydrogens is 424 g/mol. The van der Waals surface area contributed by atoms with E-state index >= 15 is 0 Å². The molecule has 0 fully saturated rings. The minimum Gasteiger partial charge on any atom is -0.480 e. The van der Waals surface area contributed by atoms with Crippen LogP contribution in [-0.4, -0.2) is 57.5 Å². The normalized spacial score (nSPS) is 13.1. The lowest BCUT2D eigenvalue weighted by Crippen LogP contribution is -2.40. The molecule has 1 aliphatic rings. The zero-order valence-electron chi connectivity index (χ0n) is 18.5. The summed E-state index contributed by atoms with van der Waals surface area (Å²) in [5.41, 5.74) is 4.50. The van der Waals surface area contributed by atoms with E-state index in [9.17, 15) is 14.4 Å². The van der Waals surface area contributed by atoms with E-state index in [1.54, 1.807) is 7.05 Å². The second-order valence-corrected chi connectivity index (χ2v) is 7.92. The number of ether oxygens (including phenoxy) is 1. The summed E-state index contributed by atoms with van der Waals surface area (Å²) in [6.07, 6.45) is -0.675. The number of hydrogen-bond donors (Lipinski definition) is 2. The molecule has 1 aromatic heterocycles. The van der Waals surface area contributed by atoms with Crippen molar-refractivity contribution in [2.75, 3.05) is 19.0 Å². The molecule has 1 atom stereocenters. The summed E-state index contributed by atoms with van der Waals surface area (Å²) in [6.45, 7) is 1.56. The third kappa shape index (κ3) is 4.17. The summed E-state index contributed by atoms with van der Waals surface area (Å²) in [5, 5.41) is 15.8.